The second-order valence-electron chi connectivity index (χ2n) is 4.97. The van der Waals surface area contributed by atoms with Gasteiger partial charge in [0.25, 0.3) is 0 Å². The number of aliphatic hydroxyl groups is 1. The van der Waals surface area contributed by atoms with E-state index in [1.807, 2.05) is 0 Å². The first-order valence-electron chi connectivity index (χ1n) is 7.34. The number of rotatable bonds is 2. The van der Waals surface area contributed by atoms with Crippen LogP contribution in [0, 0.1) is 0 Å². The van der Waals surface area contributed by atoms with Gasteiger partial charge in [-0.25, -0.2) is 0 Å². The van der Waals surface area contributed by atoms with Crippen LogP contribution in [0.1, 0.15) is 19.8 Å². The summed E-state index contributed by atoms with van der Waals surface area (Å²) in [6.45, 7) is 6.74. The minimum absolute atomic E-state index is 0. The van der Waals surface area contributed by atoms with E-state index in [2.05, 4.69) is 21.1 Å². The fourth-order valence-corrected chi connectivity index (χ4v) is 3.18. The summed E-state index contributed by atoms with van der Waals surface area (Å²) in [5.41, 5.74) is 0. The predicted molar refractivity (Wildman–Crippen MR) is 79.3 cm³/mol. The van der Waals surface area contributed by atoms with Crippen LogP contribution in [0.3, 0.4) is 0 Å². The Morgan fingerprint density at radius 3 is 2.19 bits per heavy atom. The third kappa shape index (κ3) is 4.11. The third-order valence-corrected chi connectivity index (χ3v) is 3.93. The topological polar surface area (TPSA) is 57.6 Å². The van der Waals surface area contributed by atoms with Crippen molar-refractivity contribution in [3.05, 3.63) is 0 Å². The molecule has 3 saturated heterocycles. The molecule has 7 nitrogen and oxygen atoms in total. The Morgan fingerprint density at radius 1 is 1.05 bits per heavy atom. The van der Waals surface area contributed by atoms with Crippen molar-refractivity contribution in [3.8, 4) is 0 Å². The molecule has 0 aliphatic carbocycles. The monoisotopic (exact) mass is 372 g/mol. The van der Waals surface area contributed by atoms with Gasteiger partial charge >= 0.3 is 21.6 Å². The summed E-state index contributed by atoms with van der Waals surface area (Å²) in [7, 11) is 2.72. The van der Waals surface area contributed by atoms with Crippen LogP contribution in [0.15, 0.2) is 0 Å². The van der Waals surface area contributed by atoms with Crippen LogP contribution < -0.4 is 0 Å². The zero-order valence-corrected chi connectivity index (χ0v) is 16.1. The molecule has 1 N–H and O–H groups in total. The van der Waals surface area contributed by atoms with Crippen molar-refractivity contribution >= 4 is 21.6 Å². The SMILES string of the molecule is CCN1B(OC)N2CCCOB2N2CCCOB12.CO.[Y]. The molecule has 0 aromatic heterocycles. The fourth-order valence-electron chi connectivity index (χ4n) is 3.18. The van der Waals surface area contributed by atoms with Crippen molar-refractivity contribution in [2.75, 3.05) is 47.1 Å². The Labute approximate surface area is 154 Å². The van der Waals surface area contributed by atoms with E-state index in [1.165, 1.54) is 0 Å². The molecule has 0 bridgehead atoms. The van der Waals surface area contributed by atoms with Crippen molar-refractivity contribution in [2.45, 2.75) is 19.8 Å². The normalized spacial score (nSPS) is 23.7. The smallest absolute Gasteiger partial charge is 0.412 e. The fraction of sp³-hybridized carbons (Fsp3) is 1.00. The van der Waals surface area contributed by atoms with Crippen LogP contribution in [0.25, 0.3) is 0 Å². The van der Waals surface area contributed by atoms with Gasteiger partial charge in [-0.15, -0.1) is 0 Å². The Morgan fingerprint density at radius 2 is 1.62 bits per heavy atom. The molecule has 3 aliphatic heterocycles. The van der Waals surface area contributed by atoms with Crippen LogP contribution >= 0.6 is 0 Å². The Balaban J connectivity index is 0.000000706. The maximum absolute atomic E-state index is 7.00. The summed E-state index contributed by atoms with van der Waals surface area (Å²) in [6, 6.07) is 0. The molecule has 1 radical (unpaired) electrons. The van der Waals surface area contributed by atoms with Gasteiger partial charge in [-0.1, -0.05) is 6.92 Å². The molecule has 0 unspecified atom stereocenters. The first-order chi connectivity index (χ1) is 9.86. The van der Waals surface area contributed by atoms with Crippen LogP contribution in [0.4, 0.5) is 0 Å². The van der Waals surface area contributed by atoms with E-state index in [1.54, 1.807) is 7.11 Å². The van der Waals surface area contributed by atoms with Gasteiger partial charge in [0.15, 0.2) is 0 Å². The number of hydrogen-bond acceptors (Lipinski definition) is 7. The van der Waals surface area contributed by atoms with E-state index in [0.717, 1.165) is 52.8 Å². The zero-order valence-electron chi connectivity index (χ0n) is 13.3. The van der Waals surface area contributed by atoms with Crippen LogP contribution in [0.2, 0.25) is 0 Å². The van der Waals surface area contributed by atoms with Crippen LogP contribution in [-0.4, -0.2) is 87.9 Å². The van der Waals surface area contributed by atoms with E-state index in [4.69, 9.17) is 19.1 Å². The van der Waals surface area contributed by atoms with Gasteiger partial charge < -0.3 is 33.2 Å². The second-order valence-corrected chi connectivity index (χ2v) is 4.97. The average Bonchev–Trinajstić information content (AvgIpc) is 2.55. The number of nitrogens with zero attached hydrogens (tertiary/aromatic N) is 3. The van der Waals surface area contributed by atoms with Crippen molar-refractivity contribution in [2.24, 2.45) is 0 Å². The van der Waals surface area contributed by atoms with Gasteiger partial charge in [0.05, 0.1) is 0 Å². The summed E-state index contributed by atoms with van der Waals surface area (Å²) in [6.07, 6.45) is 2.13. The molecule has 3 heterocycles. The number of fused-ring (bicyclic) bond motifs is 3. The van der Waals surface area contributed by atoms with E-state index in [9.17, 15) is 0 Å². The maximum Gasteiger partial charge on any atom is 0.462 e. The van der Waals surface area contributed by atoms with Gasteiger partial charge in [0, 0.05) is 60.1 Å². The molecule has 0 aromatic carbocycles. The van der Waals surface area contributed by atoms with E-state index >= 15 is 0 Å². The van der Waals surface area contributed by atoms with Crippen LogP contribution in [0.5, 0.6) is 0 Å². The first kappa shape index (κ1) is 20.1. The zero-order chi connectivity index (χ0) is 14.5. The molecule has 21 heavy (non-hydrogen) atoms. The molecule has 0 atom stereocenters. The standard InChI is InChI=1S/C9H20B3N3O3.CH4O.Y/c1-3-13-10(16-2)14-6-4-9-18-12(14)15-7-5-8-17-11(13)15;1-2;/h3-9H2,1-2H3;2H,1H3;. The summed E-state index contributed by atoms with van der Waals surface area (Å²) >= 11 is 0. The second kappa shape index (κ2) is 10.0. The molecule has 3 fully saturated rings. The predicted octanol–water partition coefficient (Wildman–Crippen LogP) is -1.03. The number of hydrogen-bond donors (Lipinski definition) is 1. The maximum atomic E-state index is 7.00. The Kier molecular flexibility index (Phi) is 9.56. The van der Waals surface area contributed by atoms with Crippen molar-refractivity contribution in [1.29, 1.82) is 0 Å². The Hall–Kier alpha value is 1.02. The largest absolute Gasteiger partial charge is 0.462 e. The molecule has 0 spiro atoms. The molecule has 3 aliphatic rings. The molecule has 115 valence electrons. The molecule has 0 aromatic rings. The number of aliphatic hydroxyl groups excluding tert-OH is 1. The molecule has 0 amide bonds. The van der Waals surface area contributed by atoms with Crippen molar-refractivity contribution in [3.63, 3.8) is 0 Å². The van der Waals surface area contributed by atoms with Crippen LogP contribution in [-0.2, 0) is 46.7 Å². The molecular formula is C10H24B3N3O4Y. The third-order valence-electron chi connectivity index (χ3n) is 3.93. The van der Waals surface area contributed by atoms with E-state index in [-0.39, 0.29) is 54.3 Å². The van der Waals surface area contributed by atoms with Gasteiger partial charge in [-0.3, -0.25) is 0 Å². The van der Waals surface area contributed by atoms with E-state index in [0.29, 0.717) is 0 Å². The molecule has 3 rings (SSSR count). The first-order valence-corrected chi connectivity index (χ1v) is 7.34. The molecular weight excluding hydrogens is 347 g/mol. The summed E-state index contributed by atoms with van der Waals surface area (Å²) in [5, 5.41) is 7.00. The molecule has 11 heteroatoms. The Bertz CT molecular complexity index is 245. The van der Waals surface area contributed by atoms with Gasteiger partial charge in [0.2, 0.25) is 0 Å². The van der Waals surface area contributed by atoms with Gasteiger partial charge in [0.1, 0.15) is 0 Å². The van der Waals surface area contributed by atoms with Gasteiger partial charge in [-0.05, 0) is 32.5 Å². The van der Waals surface area contributed by atoms with Crippen molar-refractivity contribution < 1.29 is 51.8 Å². The van der Waals surface area contributed by atoms with E-state index < -0.39 is 0 Å². The molecule has 0 saturated carbocycles. The quantitative estimate of drug-likeness (QED) is 0.623. The summed E-state index contributed by atoms with van der Waals surface area (Å²) < 4.78 is 24.4. The van der Waals surface area contributed by atoms with Crippen molar-refractivity contribution in [1.82, 2.24) is 14.2 Å². The minimum atomic E-state index is -0.0420. The minimum Gasteiger partial charge on any atom is -0.412 e. The summed E-state index contributed by atoms with van der Waals surface area (Å²) in [5.74, 6) is 0. The average molecular weight is 372 g/mol. The summed E-state index contributed by atoms with van der Waals surface area (Å²) in [4.78, 5) is 0. The van der Waals surface area contributed by atoms with Gasteiger partial charge in [-0.2, -0.15) is 0 Å².